The minimum Gasteiger partial charge on any atom is -0.339 e. The third kappa shape index (κ3) is 3.44. The Morgan fingerprint density at radius 2 is 1.70 bits per heavy atom. The first-order valence-corrected chi connectivity index (χ1v) is 6.80. The molecule has 0 aliphatic carbocycles. The highest BCUT2D eigenvalue weighted by Gasteiger charge is 2.17. The molecule has 0 radical (unpaired) electrons. The molecular formula is C17H18FNO. The Hall–Kier alpha value is -2.16. The first kappa shape index (κ1) is 14.3. The second-order valence-corrected chi connectivity index (χ2v) is 4.60. The van der Waals surface area contributed by atoms with Crippen molar-refractivity contribution >= 4 is 5.91 Å². The van der Waals surface area contributed by atoms with Crippen molar-refractivity contribution in [2.24, 2.45) is 0 Å². The summed E-state index contributed by atoms with van der Waals surface area (Å²) in [6.45, 7) is 3.07. The van der Waals surface area contributed by atoms with Crippen molar-refractivity contribution in [3.63, 3.8) is 0 Å². The average Bonchev–Trinajstić information content (AvgIpc) is 2.49. The number of hydrogen-bond donors (Lipinski definition) is 0. The van der Waals surface area contributed by atoms with Gasteiger partial charge in [-0.25, -0.2) is 4.39 Å². The Balaban J connectivity index is 2.05. The van der Waals surface area contributed by atoms with Gasteiger partial charge in [-0.3, -0.25) is 4.79 Å². The molecule has 0 bridgehead atoms. The topological polar surface area (TPSA) is 20.3 Å². The van der Waals surface area contributed by atoms with Crippen LogP contribution in [-0.2, 0) is 6.42 Å². The van der Waals surface area contributed by atoms with Crippen LogP contribution in [-0.4, -0.2) is 23.9 Å². The molecule has 0 saturated heterocycles. The maximum Gasteiger partial charge on any atom is 0.256 e. The van der Waals surface area contributed by atoms with Gasteiger partial charge in [-0.2, -0.15) is 0 Å². The van der Waals surface area contributed by atoms with Crippen molar-refractivity contribution in [1.29, 1.82) is 0 Å². The number of benzene rings is 2. The van der Waals surface area contributed by atoms with Gasteiger partial charge in [-0.1, -0.05) is 42.5 Å². The molecule has 3 heteroatoms. The quantitative estimate of drug-likeness (QED) is 0.814. The molecule has 2 nitrogen and oxygen atoms in total. The highest BCUT2D eigenvalue weighted by molar-refractivity contribution is 5.94. The molecule has 104 valence electrons. The van der Waals surface area contributed by atoms with E-state index in [2.05, 4.69) is 0 Å². The molecule has 1 amide bonds. The van der Waals surface area contributed by atoms with Crippen LogP contribution in [0.3, 0.4) is 0 Å². The van der Waals surface area contributed by atoms with E-state index >= 15 is 0 Å². The van der Waals surface area contributed by atoms with Gasteiger partial charge in [0.15, 0.2) is 0 Å². The Labute approximate surface area is 118 Å². The normalized spacial score (nSPS) is 10.3. The number of carbonyl (C=O) groups is 1. The lowest BCUT2D eigenvalue weighted by molar-refractivity contribution is 0.0761. The predicted molar refractivity (Wildman–Crippen MR) is 78.1 cm³/mol. The molecule has 0 aromatic heterocycles. The lowest BCUT2D eigenvalue weighted by atomic mass is 10.1. The summed E-state index contributed by atoms with van der Waals surface area (Å²) in [5.41, 5.74) is 1.31. The van der Waals surface area contributed by atoms with E-state index in [1.807, 2.05) is 37.3 Å². The number of nitrogens with zero attached hydrogens (tertiary/aromatic N) is 1. The summed E-state index contributed by atoms with van der Waals surface area (Å²) in [5, 5.41) is 0. The highest BCUT2D eigenvalue weighted by atomic mass is 19.1. The Bertz CT molecular complexity index is 568. The zero-order chi connectivity index (χ0) is 14.4. The van der Waals surface area contributed by atoms with Crippen LogP contribution in [0.4, 0.5) is 4.39 Å². The van der Waals surface area contributed by atoms with Crippen molar-refractivity contribution in [2.45, 2.75) is 13.3 Å². The van der Waals surface area contributed by atoms with Crippen LogP contribution in [0.5, 0.6) is 0 Å². The fourth-order valence-corrected chi connectivity index (χ4v) is 2.12. The minimum atomic E-state index is -0.462. The molecule has 0 unspecified atom stereocenters. The molecule has 0 spiro atoms. The van der Waals surface area contributed by atoms with Gasteiger partial charge in [0, 0.05) is 13.1 Å². The van der Waals surface area contributed by atoms with E-state index in [1.165, 1.54) is 17.7 Å². The number of hydrogen-bond acceptors (Lipinski definition) is 1. The lowest BCUT2D eigenvalue weighted by Gasteiger charge is -2.21. The highest BCUT2D eigenvalue weighted by Crippen LogP contribution is 2.11. The van der Waals surface area contributed by atoms with E-state index in [9.17, 15) is 9.18 Å². The summed E-state index contributed by atoms with van der Waals surface area (Å²) in [4.78, 5) is 14.0. The fraction of sp³-hybridized carbons (Fsp3) is 0.235. The Morgan fingerprint density at radius 3 is 2.35 bits per heavy atom. The number of likely N-dealkylation sites (N-methyl/N-ethyl adjacent to an activating group) is 1. The predicted octanol–water partition coefficient (Wildman–Crippen LogP) is 3.53. The van der Waals surface area contributed by atoms with Crippen LogP contribution < -0.4 is 0 Å². The van der Waals surface area contributed by atoms with Gasteiger partial charge in [-0.05, 0) is 31.0 Å². The van der Waals surface area contributed by atoms with Gasteiger partial charge in [0.25, 0.3) is 5.91 Å². The molecular weight excluding hydrogens is 253 g/mol. The number of rotatable bonds is 5. The molecule has 2 rings (SSSR count). The van der Waals surface area contributed by atoms with Gasteiger partial charge in [-0.15, -0.1) is 0 Å². The Kier molecular flexibility index (Phi) is 4.88. The smallest absolute Gasteiger partial charge is 0.256 e. The fourth-order valence-electron chi connectivity index (χ4n) is 2.12. The number of carbonyl (C=O) groups excluding carboxylic acids is 1. The van der Waals surface area contributed by atoms with E-state index in [4.69, 9.17) is 0 Å². The molecule has 2 aromatic rings. The molecule has 0 aliphatic rings. The third-order valence-corrected chi connectivity index (χ3v) is 3.29. The van der Waals surface area contributed by atoms with Crippen molar-refractivity contribution in [2.75, 3.05) is 13.1 Å². The van der Waals surface area contributed by atoms with Crippen LogP contribution in [0.15, 0.2) is 54.6 Å². The summed E-state index contributed by atoms with van der Waals surface area (Å²) in [7, 11) is 0. The molecule has 20 heavy (non-hydrogen) atoms. The Morgan fingerprint density at radius 1 is 1.05 bits per heavy atom. The minimum absolute atomic E-state index is 0.141. The monoisotopic (exact) mass is 271 g/mol. The van der Waals surface area contributed by atoms with Gasteiger partial charge in [0.05, 0.1) is 5.56 Å². The van der Waals surface area contributed by atoms with Gasteiger partial charge < -0.3 is 4.90 Å². The summed E-state index contributed by atoms with van der Waals surface area (Å²) in [5.74, 6) is -0.711. The van der Waals surface area contributed by atoms with E-state index in [0.29, 0.717) is 13.1 Å². The first-order chi connectivity index (χ1) is 9.72. The van der Waals surface area contributed by atoms with E-state index in [-0.39, 0.29) is 11.5 Å². The number of amides is 1. The standard InChI is InChI=1S/C17H18FNO/c1-2-19(13-12-14-8-4-3-5-9-14)17(20)15-10-6-7-11-16(15)18/h3-11H,2,12-13H2,1H3. The van der Waals surface area contributed by atoms with Crippen LogP contribution in [0, 0.1) is 5.82 Å². The van der Waals surface area contributed by atoms with E-state index in [0.717, 1.165) is 6.42 Å². The average molecular weight is 271 g/mol. The third-order valence-electron chi connectivity index (χ3n) is 3.29. The molecule has 2 aromatic carbocycles. The summed E-state index contributed by atoms with van der Waals surface area (Å²) < 4.78 is 13.7. The SMILES string of the molecule is CCN(CCc1ccccc1)C(=O)c1ccccc1F. The molecule has 0 heterocycles. The van der Waals surface area contributed by atoms with E-state index in [1.54, 1.807) is 17.0 Å². The zero-order valence-electron chi connectivity index (χ0n) is 11.6. The molecule has 0 N–H and O–H groups in total. The maximum atomic E-state index is 13.7. The van der Waals surface area contributed by atoms with Crippen LogP contribution in [0.2, 0.25) is 0 Å². The summed E-state index contributed by atoms with van der Waals surface area (Å²) >= 11 is 0. The van der Waals surface area contributed by atoms with Crippen molar-refractivity contribution in [1.82, 2.24) is 4.90 Å². The first-order valence-electron chi connectivity index (χ1n) is 6.80. The number of halogens is 1. The van der Waals surface area contributed by atoms with E-state index < -0.39 is 5.82 Å². The van der Waals surface area contributed by atoms with Crippen molar-refractivity contribution < 1.29 is 9.18 Å². The van der Waals surface area contributed by atoms with Crippen LogP contribution >= 0.6 is 0 Å². The van der Waals surface area contributed by atoms with Gasteiger partial charge in [0.2, 0.25) is 0 Å². The van der Waals surface area contributed by atoms with Crippen molar-refractivity contribution in [3.05, 3.63) is 71.5 Å². The largest absolute Gasteiger partial charge is 0.339 e. The molecule has 0 atom stereocenters. The van der Waals surface area contributed by atoms with Crippen LogP contribution in [0.25, 0.3) is 0 Å². The molecule has 0 aliphatic heterocycles. The lowest BCUT2D eigenvalue weighted by Crippen LogP contribution is -2.33. The van der Waals surface area contributed by atoms with Crippen LogP contribution in [0.1, 0.15) is 22.8 Å². The van der Waals surface area contributed by atoms with Gasteiger partial charge in [0.1, 0.15) is 5.82 Å². The zero-order valence-corrected chi connectivity index (χ0v) is 11.6. The maximum absolute atomic E-state index is 13.7. The van der Waals surface area contributed by atoms with Crippen molar-refractivity contribution in [3.8, 4) is 0 Å². The van der Waals surface area contributed by atoms with Gasteiger partial charge >= 0.3 is 0 Å². The second-order valence-electron chi connectivity index (χ2n) is 4.60. The summed E-state index contributed by atoms with van der Waals surface area (Å²) in [6, 6.07) is 16.1. The molecule has 0 fully saturated rings. The second kappa shape index (κ2) is 6.85. The summed E-state index contributed by atoms with van der Waals surface area (Å²) in [6.07, 6.45) is 0.773. The molecule has 0 saturated carbocycles.